The first-order valence-corrected chi connectivity index (χ1v) is 5.81. The predicted octanol–water partition coefficient (Wildman–Crippen LogP) is 2.51. The molecule has 0 aliphatic heterocycles. The molecule has 90 valence electrons. The van der Waals surface area contributed by atoms with Gasteiger partial charge in [0.2, 0.25) is 0 Å². The van der Waals surface area contributed by atoms with Crippen LogP contribution < -0.4 is 10.5 Å². The molecule has 0 amide bonds. The number of aliphatic hydroxyl groups is 1. The Bertz CT molecular complexity index is 329. The molecular weight excluding hydrogens is 226 g/mol. The van der Waals surface area contributed by atoms with Crippen LogP contribution >= 0.6 is 11.6 Å². The van der Waals surface area contributed by atoms with Crippen molar-refractivity contribution in [2.24, 2.45) is 5.73 Å². The zero-order chi connectivity index (χ0) is 12.0. The molecule has 0 aliphatic carbocycles. The molecule has 0 radical (unpaired) electrons. The minimum absolute atomic E-state index is 0.105. The van der Waals surface area contributed by atoms with Crippen LogP contribution in [0.5, 0.6) is 5.75 Å². The Morgan fingerprint density at radius 2 is 2.19 bits per heavy atom. The van der Waals surface area contributed by atoms with Crippen LogP contribution in [0.1, 0.15) is 31.4 Å². The van der Waals surface area contributed by atoms with Gasteiger partial charge in [-0.2, -0.15) is 0 Å². The van der Waals surface area contributed by atoms with Gasteiger partial charge in [-0.1, -0.05) is 11.6 Å². The average Bonchev–Trinajstić information content (AvgIpc) is 2.26. The highest BCUT2D eigenvalue weighted by Gasteiger charge is 2.08. The van der Waals surface area contributed by atoms with Crippen LogP contribution in [0.25, 0.3) is 0 Å². The van der Waals surface area contributed by atoms with Crippen molar-refractivity contribution in [3.05, 3.63) is 28.8 Å². The first-order chi connectivity index (χ1) is 7.65. The molecule has 4 heteroatoms. The van der Waals surface area contributed by atoms with Gasteiger partial charge >= 0.3 is 0 Å². The van der Waals surface area contributed by atoms with Crippen LogP contribution in [0, 0.1) is 0 Å². The maximum atomic E-state index is 8.65. The molecule has 0 bridgehead atoms. The van der Waals surface area contributed by atoms with Crippen molar-refractivity contribution >= 4 is 11.6 Å². The summed E-state index contributed by atoms with van der Waals surface area (Å²) in [6, 6.07) is 5.34. The highest BCUT2D eigenvalue weighted by atomic mass is 35.5. The maximum absolute atomic E-state index is 8.65. The van der Waals surface area contributed by atoms with Gasteiger partial charge in [-0.25, -0.2) is 0 Å². The summed E-state index contributed by atoms with van der Waals surface area (Å²) in [4.78, 5) is 0. The van der Waals surface area contributed by atoms with Crippen LogP contribution in [0.4, 0.5) is 0 Å². The molecule has 1 aromatic rings. The Kier molecular flexibility index (Phi) is 5.60. The van der Waals surface area contributed by atoms with Crippen molar-refractivity contribution in [2.75, 3.05) is 13.2 Å². The molecule has 0 aromatic heterocycles. The van der Waals surface area contributed by atoms with Gasteiger partial charge in [0.25, 0.3) is 0 Å². The Morgan fingerprint density at radius 1 is 1.44 bits per heavy atom. The van der Waals surface area contributed by atoms with Crippen molar-refractivity contribution < 1.29 is 9.84 Å². The zero-order valence-corrected chi connectivity index (χ0v) is 10.2. The zero-order valence-electron chi connectivity index (χ0n) is 9.45. The lowest BCUT2D eigenvalue weighted by atomic mass is 10.1. The fourth-order valence-electron chi connectivity index (χ4n) is 1.40. The molecule has 0 spiro atoms. The van der Waals surface area contributed by atoms with E-state index in [1.165, 1.54) is 0 Å². The summed E-state index contributed by atoms with van der Waals surface area (Å²) in [5.41, 5.74) is 6.75. The molecule has 0 saturated carbocycles. The molecule has 16 heavy (non-hydrogen) atoms. The summed E-state index contributed by atoms with van der Waals surface area (Å²) < 4.78 is 5.61. The number of halogens is 1. The van der Waals surface area contributed by atoms with Gasteiger partial charge in [0.15, 0.2) is 0 Å². The average molecular weight is 244 g/mol. The number of unbranched alkanes of at least 4 members (excludes halogenated alkanes) is 1. The molecule has 0 fully saturated rings. The molecule has 1 aromatic carbocycles. The molecular formula is C12H18ClNO2. The molecule has 3 nitrogen and oxygen atoms in total. The highest BCUT2D eigenvalue weighted by molar-refractivity contribution is 6.30. The number of rotatable bonds is 6. The van der Waals surface area contributed by atoms with E-state index in [-0.39, 0.29) is 12.6 Å². The topological polar surface area (TPSA) is 55.5 Å². The summed E-state index contributed by atoms with van der Waals surface area (Å²) in [7, 11) is 0. The SMILES string of the molecule is CC(N)c1cc(Cl)ccc1OCCCCO. The normalized spacial score (nSPS) is 12.5. The molecule has 1 atom stereocenters. The minimum atomic E-state index is -0.105. The number of aliphatic hydroxyl groups excluding tert-OH is 1. The Labute approximate surface area is 101 Å². The molecule has 0 saturated heterocycles. The molecule has 1 rings (SSSR count). The second kappa shape index (κ2) is 6.74. The summed E-state index contributed by atoms with van der Waals surface area (Å²) in [6.45, 7) is 2.68. The Hall–Kier alpha value is -0.770. The van der Waals surface area contributed by atoms with E-state index in [0.717, 1.165) is 24.2 Å². The van der Waals surface area contributed by atoms with Crippen molar-refractivity contribution in [1.29, 1.82) is 0 Å². The van der Waals surface area contributed by atoms with Crippen molar-refractivity contribution in [1.82, 2.24) is 0 Å². The monoisotopic (exact) mass is 243 g/mol. The third kappa shape index (κ3) is 4.00. The van der Waals surface area contributed by atoms with Crippen molar-refractivity contribution in [3.63, 3.8) is 0 Å². The van der Waals surface area contributed by atoms with Gasteiger partial charge in [0.1, 0.15) is 5.75 Å². The summed E-state index contributed by atoms with van der Waals surface area (Å²) >= 11 is 5.90. The number of benzene rings is 1. The van der Waals surface area contributed by atoms with Gasteiger partial charge in [-0.05, 0) is 38.0 Å². The number of nitrogens with two attached hydrogens (primary N) is 1. The fourth-order valence-corrected chi connectivity index (χ4v) is 1.58. The number of hydrogen-bond donors (Lipinski definition) is 2. The van der Waals surface area contributed by atoms with E-state index in [1.54, 1.807) is 6.07 Å². The molecule has 0 aliphatic rings. The highest BCUT2D eigenvalue weighted by Crippen LogP contribution is 2.27. The van der Waals surface area contributed by atoms with E-state index in [2.05, 4.69) is 0 Å². The predicted molar refractivity (Wildman–Crippen MR) is 65.9 cm³/mol. The first kappa shape index (κ1) is 13.3. The van der Waals surface area contributed by atoms with Crippen LogP contribution in [-0.4, -0.2) is 18.3 Å². The molecule has 0 heterocycles. The summed E-state index contributed by atoms with van der Waals surface area (Å²) in [5, 5.41) is 9.31. The van der Waals surface area contributed by atoms with Gasteiger partial charge in [0, 0.05) is 23.2 Å². The van der Waals surface area contributed by atoms with E-state index in [4.69, 9.17) is 27.2 Å². The number of hydrogen-bond acceptors (Lipinski definition) is 3. The Morgan fingerprint density at radius 3 is 2.81 bits per heavy atom. The summed E-state index contributed by atoms with van der Waals surface area (Å²) in [5.74, 6) is 0.775. The lowest BCUT2D eigenvalue weighted by Crippen LogP contribution is -2.09. The molecule has 3 N–H and O–H groups in total. The van der Waals surface area contributed by atoms with E-state index >= 15 is 0 Å². The van der Waals surface area contributed by atoms with Crippen LogP contribution in [-0.2, 0) is 0 Å². The van der Waals surface area contributed by atoms with Gasteiger partial charge < -0.3 is 15.6 Å². The smallest absolute Gasteiger partial charge is 0.124 e. The second-order valence-corrected chi connectivity index (χ2v) is 4.19. The van der Waals surface area contributed by atoms with E-state index in [0.29, 0.717) is 11.6 Å². The van der Waals surface area contributed by atoms with Gasteiger partial charge in [0.05, 0.1) is 6.61 Å². The third-order valence-electron chi connectivity index (χ3n) is 2.27. The quantitative estimate of drug-likeness (QED) is 0.755. The second-order valence-electron chi connectivity index (χ2n) is 3.75. The van der Waals surface area contributed by atoms with E-state index < -0.39 is 0 Å². The summed E-state index contributed by atoms with van der Waals surface area (Å²) in [6.07, 6.45) is 1.58. The standard InChI is InChI=1S/C12H18ClNO2/c1-9(14)11-8-10(13)4-5-12(11)16-7-3-2-6-15/h4-5,8-9,15H,2-3,6-7,14H2,1H3. The van der Waals surface area contributed by atoms with E-state index in [9.17, 15) is 0 Å². The van der Waals surface area contributed by atoms with Crippen LogP contribution in [0.15, 0.2) is 18.2 Å². The van der Waals surface area contributed by atoms with Crippen molar-refractivity contribution in [2.45, 2.75) is 25.8 Å². The van der Waals surface area contributed by atoms with Crippen LogP contribution in [0.2, 0.25) is 5.02 Å². The lowest BCUT2D eigenvalue weighted by Gasteiger charge is -2.14. The minimum Gasteiger partial charge on any atom is -0.493 e. The maximum Gasteiger partial charge on any atom is 0.124 e. The van der Waals surface area contributed by atoms with Crippen molar-refractivity contribution in [3.8, 4) is 5.75 Å². The van der Waals surface area contributed by atoms with E-state index in [1.807, 2.05) is 19.1 Å². The Balaban J connectivity index is 2.64. The molecule has 1 unspecified atom stereocenters. The largest absolute Gasteiger partial charge is 0.493 e. The fraction of sp³-hybridized carbons (Fsp3) is 0.500. The van der Waals surface area contributed by atoms with Crippen LogP contribution in [0.3, 0.4) is 0 Å². The lowest BCUT2D eigenvalue weighted by molar-refractivity contribution is 0.252. The van der Waals surface area contributed by atoms with Gasteiger partial charge in [-0.3, -0.25) is 0 Å². The third-order valence-corrected chi connectivity index (χ3v) is 2.51. The number of ether oxygens (including phenoxy) is 1. The first-order valence-electron chi connectivity index (χ1n) is 5.44. The van der Waals surface area contributed by atoms with Gasteiger partial charge in [-0.15, -0.1) is 0 Å².